The van der Waals surface area contributed by atoms with Gasteiger partial charge in [-0.25, -0.2) is 0 Å². The maximum absolute atomic E-state index is 5.93. The van der Waals surface area contributed by atoms with Gasteiger partial charge in [0.25, 0.3) is 0 Å². The van der Waals surface area contributed by atoms with Crippen molar-refractivity contribution in [1.82, 2.24) is 4.90 Å². The van der Waals surface area contributed by atoms with Gasteiger partial charge in [-0.2, -0.15) is 0 Å². The zero-order valence-corrected chi connectivity index (χ0v) is 10.2. The summed E-state index contributed by atoms with van der Waals surface area (Å²) in [5.41, 5.74) is 6.15. The maximum Gasteiger partial charge on any atom is 0.0306 e. The van der Waals surface area contributed by atoms with E-state index in [9.17, 15) is 0 Å². The topological polar surface area (TPSA) is 29.3 Å². The maximum atomic E-state index is 5.93. The summed E-state index contributed by atoms with van der Waals surface area (Å²) in [6.45, 7) is 7.64. The van der Waals surface area contributed by atoms with Crippen molar-refractivity contribution in [2.45, 2.75) is 58.0 Å². The summed E-state index contributed by atoms with van der Waals surface area (Å²) in [6, 6.07) is 0.641. The Morgan fingerprint density at radius 1 is 1.50 bits per heavy atom. The van der Waals surface area contributed by atoms with Crippen molar-refractivity contribution in [3.8, 4) is 0 Å². The first-order chi connectivity index (χ1) is 6.53. The smallest absolute Gasteiger partial charge is 0.0306 e. The molecular formula is C12H26N2. The molecule has 0 radical (unpaired) electrons. The van der Waals surface area contributed by atoms with E-state index in [1.165, 1.54) is 25.7 Å². The van der Waals surface area contributed by atoms with Crippen LogP contribution in [0.4, 0.5) is 0 Å². The van der Waals surface area contributed by atoms with Crippen molar-refractivity contribution in [2.75, 3.05) is 13.6 Å². The fraction of sp³-hybridized carbons (Fsp3) is 1.00. The van der Waals surface area contributed by atoms with Crippen molar-refractivity contribution < 1.29 is 0 Å². The molecule has 0 amide bonds. The number of hydrogen-bond acceptors (Lipinski definition) is 2. The third kappa shape index (κ3) is 2.71. The molecule has 0 aliphatic heterocycles. The summed E-state index contributed by atoms with van der Waals surface area (Å²) in [5.74, 6) is 0.954. The highest BCUT2D eigenvalue weighted by molar-refractivity contribution is 4.93. The second-order valence-electron chi connectivity index (χ2n) is 5.22. The summed E-state index contributed by atoms with van der Waals surface area (Å²) in [4.78, 5) is 2.48. The lowest BCUT2D eigenvalue weighted by Gasteiger charge is -2.42. The van der Waals surface area contributed by atoms with Gasteiger partial charge in [0.1, 0.15) is 0 Å². The molecule has 2 atom stereocenters. The predicted octanol–water partition coefficient (Wildman–Crippen LogP) is 2.23. The van der Waals surface area contributed by atoms with Gasteiger partial charge in [0.15, 0.2) is 0 Å². The average molecular weight is 198 g/mol. The van der Waals surface area contributed by atoms with Gasteiger partial charge in [-0.1, -0.05) is 19.8 Å². The first-order valence-corrected chi connectivity index (χ1v) is 5.96. The molecule has 1 rings (SSSR count). The fourth-order valence-corrected chi connectivity index (χ4v) is 2.12. The molecule has 1 fully saturated rings. The Hall–Kier alpha value is -0.0800. The second kappa shape index (κ2) is 4.63. The van der Waals surface area contributed by atoms with E-state index in [1.54, 1.807) is 0 Å². The molecule has 0 spiro atoms. The van der Waals surface area contributed by atoms with Crippen LogP contribution in [0.25, 0.3) is 0 Å². The van der Waals surface area contributed by atoms with Crippen LogP contribution in [0, 0.1) is 5.92 Å². The number of nitrogens with two attached hydrogens (primary N) is 1. The van der Waals surface area contributed by atoms with Crippen LogP contribution < -0.4 is 5.73 Å². The average Bonchev–Trinajstić information content (AvgIpc) is 2.99. The monoisotopic (exact) mass is 198 g/mol. The van der Waals surface area contributed by atoms with Gasteiger partial charge in [-0.15, -0.1) is 0 Å². The van der Waals surface area contributed by atoms with Gasteiger partial charge >= 0.3 is 0 Å². The highest BCUT2D eigenvalue weighted by atomic mass is 15.2. The number of hydrogen-bond donors (Lipinski definition) is 1. The van der Waals surface area contributed by atoms with Gasteiger partial charge < -0.3 is 5.73 Å². The molecule has 0 bridgehead atoms. The Bertz CT molecular complexity index is 177. The highest BCUT2D eigenvalue weighted by Gasteiger charge is 2.36. The quantitative estimate of drug-likeness (QED) is 0.709. The minimum absolute atomic E-state index is 0.219. The van der Waals surface area contributed by atoms with Crippen LogP contribution in [0.2, 0.25) is 0 Å². The summed E-state index contributed by atoms with van der Waals surface area (Å²) >= 11 is 0. The number of likely N-dealkylation sites (N-methyl/N-ethyl adjacent to an activating group) is 1. The lowest BCUT2D eigenvalue weighted by atomic mass is 9.91. The van der Waals surface area contributed by atoms with E-state index in [0.29, 0.717) is 6.04 Å². The third-order valence-corrected chi connectivity index (χ3v) is 3.97. The lowest BCUT2D eigenvalue weighted by molar-refractivity contribution is 0.0848. The minimum atomic E-state index is 0.219. The molecule has 1 aliphatic rings. The Labute approximate surface area is 88.8 Å². The Morgan fingerprint density at radius 2 is 2.07 bits per heavy atom. The first-order valence-electron chi connectivity index (χ1n) is 5.96. The van der Waals surface area contributed by atoms with E-state index < -0.39 is 0 Å². The molecule has 0 aromatic carbocycles. The van der Waals surface area contributed by atoms with Crippen molar-refractivity contribution in [3.63, 3.8) is 0 Å². The Kier molecular flexibility index (Phi) is 3.96. The van der Waals surface area contributed by atoms with E-state index in [0.717, 1.165) is 12.5 Å². The predicted molar refractivity (Wildman–Crippen MR) is 62.3 cm³/mol. The molecule has 0 aromatic rings. The van der Waals surface area contributed by atoms with Crippen molar-refractivity contribution in [1.29, 1.82) is 0 Å². The summed E-state index contributed by atoms with van der Waals surface area (Å²) in [5, 5.41) is 0. The van der Waals surface area contributed by atoms with Crippen LogP contribution in [0.3, 0.4) is 0 Å². The zero-order valence-electron chi connectivity index (χ0n) is 10.2. The summed E-state index contributed by atoms with van der Waals surface area (Å²) in [6.07, 6.45) is 5.33. The van der Waals surface area contributed by atoms with E-state index in [2.05, 4.69) is 32.7 Å². The molecule has 1 saturated carbocycles. The number of nitrogens with zero attached hydrogens (tertiary/aromatic N) is 1. The molecule has 84 valence electrons. The van der Waals surface area contributed by atoms with E-state index in [1.807, 2.05) is 0 Å². The van der Waals surface area contributed by atoms with E-state index >= 15 is 0 Å². The normalized spacial score (nSPS) is 23.6. The molecule has 0 heterocycles. The van der Waals surface area contributed by atoms with Crippen LogP contribution in [0.15, 0.2) is 0 Å². The van der Waals surface area contributed by atoms with Crippen molar-refractivity contribution in [3.05, 3.63) is 0 Å². The SMILES string of the molecule is CCC(C)N(C)C(C)(CN)CC1CC1. The molecule has 2 nitrogen and oxygen atoms in total. The fourth-order valence-electron chi connectivity index (χ4n) is 2.12. The van der Waals surface area contributed by atoms with Gasteiger partial charge in [-0.05, 0) is 39.7 Å². The van der Waals surface area contributed by atoms with Crippen molar-refractivity contribution >= 4 is 0 Å². The molecule has 2 heteroatoms. The zero-order chi connectivity index (χ0) is 10.8. The van der Waals surface area contributed by atoms with Gasteiger partial charge in [0.2, 0.25) is 0 Å². The lowest BCUT2D eigenvalue weighted by Crippen LogP contribution is -2.53. The van der Waals surface area contributed by atoms with E-state index in [-0.39, 0.29) is 5.54 Å². The second-order valence-corrected chi connectivity index (χ2v) is 5.22. The largest absolute Gasteiger partial charge is 0.329 e. The molecule has 2 unspecified atom stereocenters. The summed E-state index contributed by atoms with van der Waals surface area (Å²) < 4.78 is 0. The molecule has 1 aliphatic carbocycles. The van der Waals surface area contributed by atoms with Gasteiger partial charge in [0, 0.05) is 18.1 Å². The molecule has 2 N–H and O–H groups in total. The molecular weight excluding hydrogens is 172 g/mol. The van der Waals surface area contributed by atoms with Crippen LogP contribution in [-0.4, -0.2) is 30.1 Å². The Morgan fingerprint density at radius 3 is 2.43 bits per heavy atom. The third-order valence-electron chi connectivity index (χ3n) is 3.97. The molecule has 0 saturated heterocycles. The standard InChI is InChI=1S/C12H26N2/c1-5-10(2)14(4)12(3,9-13)8-11-6-7-11/h10-11H,5-9,13H2,1-4H3. The van der Waals surface area contributed by atoms with Crippen molar-refractivity contribution in [2.24, 2.45) is 11.7 Å². The Balaban J connectivity index is 2.55. The van der Waals surface area contributed by atoms with Crippen LogP contribution in [0.5, 0.6) is 0 Å². The van der Waals surface area contributed by atoms with Gasteiger partial charge in [0.05, 0.1) is 0 Å². The first kappa shape index (κ1) is 12.0. The van der Waals surface area contributed by atoms with Gasteiger partial charge in [-0.3, -0.25) is 4.90 Å². The highest BCUT2D eigenvalue weighted by Crippen LogP contribution is 2.38. The van der Waals surface area contributed by atoms with E-state index in [4.69, 9.17) is 5.73 Å². The molecule has 0 aromatic heterocycles. The molecule has 14 heavy (non-hydrogen) atoms. The van der Waals surface area contributed by atoms with Crippen LogP contribution >= 0.6 is 0 Å². The minimum Gasteiger partial charge on any atom is -0.329 e. The summed E-state index contributed by atoms with van der Waals surface area (Å²) in [7, 11) is 2.23. The van der Waals surface area contributed by atoms with Crippen LogP contribution in [0.1, 0.15) is 46.5 Å². The number of rotatable bonds is 6. The van der Waals surface area contributed by atoms with Crippen LogP contribution in [-0.2, 0) is 0 Å².